The smallest absolute Gasteiger partial charge is 0.119 e. The quantitative estimate of drug-likeness (QED) is 0.793. The van der Waals surface area contributed by atoms with Gasteiger partial charge in [0.1, 0.15) is 5.75 Å². The second-order valence-electron chi connectivity index (χ2n) is 5.29. The maximum Gasteiger partial charge on any atom is 0.119 e. The van der Waals surface area contributed by atoms with Gasteiger partial charge in [0.25, 0.3) is 0 Å². The molecule has 0 spiro atoms. The Morgan fingerprint density at radius 2 is 1.81 bits per heavy atom. The standard InChI is InChI=1S/C18H19NO2/c1-13(20)11-14-12-19(18-6-4-3-5-17(14)18)15-7-9-16(21-2)10-8-15/h3-10,12-13,20H,11H2,1-2H3. The lowest BCUT2D eigenvalue weighted by atomic mass is 10.1. The lowest BCUT2D eigenvalue weighted by Gasteiger charge is -2.06. The largest absolute Gasteiger partial charge is 0.497 e. The predicted octanol–water partition coefficient (Wildman–Crippen LogP) is 3.56. The molecule has 0 saturated heterocycles. The summed E-state index contributed by atoms with van der Waals surface area (Å²) >= 11 is 0. The molecular weight excluding hydrogens is 262 g/mol. The molecule has 3 rings (SSSR count). The first kappa shape index (κ1) is 13.7. The Labute approximate surface area is 124 Å². The number of rotatable bonds is 4. The minimum atomic E-state index is -0.347. The normalized spacial score (nSPS) is 12.5. The van der Waals surface area contributed by atoms with Crippen molar-refractivity contribution in [3.8, 4) is 11.4 Å². The molecule has 3 aromatic rings. The van der Waals surface area contributed by atoms with E-state index in [2.05, 4.69) is 22.9 Å². The molecule has 0 amide bonds. The molecule has 3 nitrogen and oxygen atoms in total. The van der Waals surface area contributed by atoms with Crippen molar-refractivity contribution in [3.05, 3.63) is 60.3 Å². The van der Waals surface area contributed by atoms with Crippen LogP contribution in [0, 0.1) is 0 Å². The van der Waals surface area contributed by atoms with Crippen LogP contribution in [-0.4, -0.2) is 22.9 Å². The molecule has 0 saturated carbocycles. The van der Waals surface area contributed by atoms with Crippen molar-refractivity contribution in [2.24, 2.45) is 0 Å². The third-order valence-electron chi connectivity index (χ3n) is 3.66. The molecule has 21 heavy (non-hydrogen) atoms. The summed E-state index contributed by atoms with van der Waals surface area (Å²) in [7, 11) is 1.67. The average molecular weight is 281 g/mol. The molecule has 1 heterocycles. The highest BCUT2D eigenvalue weighted by Gasteiger charge is 2.11. The van der Waals surface area contributed by atoms with Gasteiger partial charge in [-0.25, -0.2) is 0 Å². The molecule has 0 aliphatic heterocycles. The highest BCUT2D eigenvalue weighted by molar-refractivity contribution is 5.85. The second-order valence-corrected chi connectivity index (χ2v) is 5.29. The molecular formula is C18H19NO2. The van der Waals surface area contributed by atoms with Crippen molar-refractivity contribution in [2.45, 2.75) is 19.4 Å². The van der Waals surface area contributed by atoms with E-state index in [4.69, 9.17) is 4.74 Å². The Kier molecular flexibility index (Phi) is 3.67. The van der Waals surface area contributed by atoms with E-state index in [0.29, 0.717) is 6.42 Å². The van der Waals surface area contributed by atoms with Crippen LogP contribution in [0.2, 0.25) is 0 Å². The van der Waals surface area contributed by atoms with Gasteiger partial charge in [0.2, 0.25) is 0 Å². The first-order valence-electron chi connectivity index (χ1n) is 7.10. The SMILES string of the molecule is COc1ccc(-n2cc(CC(C)O)c3ccccc32)cc1. The summed E-state index contributed by atoms with van der Waals surface area (Å²) in [6.45, 7) is 1.82. The summed E-state index contributed by atoms with van der Waals surface area (Å²) < 4.78 is 7.37. The molecule has 0 radical (unpaired) electrons. The molecule has 108 valence electrons. The van der Waals surface area contributed by atoms with E-state index in [9.17, 15) is 5.11 Å². The summed E-state index contributed by atoms with van der Waals surface area (Å²) in [4.78, 5) is 0. The number of hydrogen-bond donors (Lipinski definition) is 1. The maximum atomic E-state index is 9.69. The number of methoxy groups -OCH3 is 1. The number of hydrogen-bond acceptors (Lipinski definition) is 2. The van der Waals surface area contributed by atoms with Gasteiger partial charge >= 0.3 is 0 Å². The van der Waals surface area contributed by atoms with Crippen molar-refractivity contribution in [1.82, 2.24) is 4.57 Å². The van der Waals surface area contributed by atoms with Crippen LogP contribution in [-0.2, 0) is 6.42 Å². The van der Waals surface area contributed by atoms with Crippen LogP contribution in [0.15, 0.2) is 54.7 Å². The van der Waals surface area contributed by atoms with Gasteiger partial charge in [0.15, 0.2) is 0 Å². The maximum absolute atomic E-state index is 9.69. The van der Waals surface area contributed by atoms with E-state index < -0.39 is 0 Å². The number of aliphatic hydroxyl groups excluding tert-OH is 1. The van der Waals surface area contributed by atoms with E-state index in [-0.39, 0.29) is 6.10 Å². The Hall–Kier alpha value is -2.26. The highest BCUT2D eigenvalue weighted by atomic mass is 16.5. The Morgan fingerprint density at radius 3 is 2.48 bits per heavy atom. The number of nitrogens with zero attached hydrogens (tertiary/aromatic N) is 1. The second kappa shape index (κ2) is 5.62. The molecule has 0 fully saturated rings. The van der Waals surface area contributed by atoms with Gasteiger partial charge < -0.3 is 14.4 Å². The van der Waals surface area contributed by atoms with Gasteiger partial charge in [-0.15, -0.1) is 0 Å². The third-order valence-corrected chi connectivity index (χ3v) is 3.66. The number of para-hydroxylation sites is 1. The molecule has 2 aromatic carbocycles. The van der Waals surface area contributed by atoms with Crippen LogP contribution < -0.4 is 4.74 Å². The van der Waals surface area contributed by atoms with Crippen molar-refractivity contribution in [2.75, 3.05) is 7.11 Å². The molecule has 3 heteroatoms. The zero-order chi connectivity index (χ0) is 14.8. The van der Waals surface area contributed by atoms with E-state index in [1.54, 1.807) is 7.11 Å². The van der Waals surface area contributed by atoms with E-state index in [1.165, 1.54) is 5.39 Å². The first-order valence-corrected chi connectivity index (χ1v) is 7.10. The third kappa shape index (κ3) is 2.65. The Morgan fingerprint density at radius 1 is 1.10 bits per heavy atom. The van der Waals surface area contributed by atoms with Crippen molar-refractivity contribution in [3.63, 3.8) is 0 Å². The van der Waals surface area contributed by atoms with Gasteiger partial charge in [-0.2, -0.15) is 0 Å². The first-order chi connectivity index (χ1) is 10.2. The van der Waals surface area contributed by atoms with Crippen LogP contribution in [0.25, 0.3) is 16.6 Å². The van der Waals surface area contributed by atoms with E-state index in [0.717, 1.165) is 22.5 Å². The lowest BCUT2D eigenvalue weighted by molar-refractivity contribution is 0.196. The van der Waals surface area contributed by atoms with Crippen LogP contribution in [0.3, 0.4) is 0 Å². The number of aromatic nitrogens is 1. The topological polar surface area (TPSA) is 34.4 Å². The van der Waals surface area contributed by atoms with E-state index in [1.807, 2.05) is 43.3 Å². The summed E-state index contributed by atoms with van der Waals surface area (Å²) in [5.41, 5.74) is 3.40. The molecule has 0 bridgehead atoms. The fourth-order valence-corrected chi connectivity index (χ4v) is 2.69. The van der Waals surface area contributed by atoms with Crippen LogP contribution in [0.1, 0.15) is 12.5 Å². The van der Waals surface area contributed by atoms with Crippen molar-refractivity contribution >= 4 is 10.9 Å². The highest BCUT2D eigenvalue weighted by Crippen LogP contribution is 2.26. The molecule has 1 atom stereocenters. The Balaban J connectivity index is 2.12. The summed E-state index contributed by atoms with van der Waals surface area (Å²) in [6, 6.07) is 16.3. The van der Waals surface area contributed by atoms with Gasteiger partial charge in [-0.1, -0.05) is 18.2 Å². The van der Waals surface area contributed by atoms with Crippen molar-refractivity contribution < 1.29 is 9.84 Å². The van der Waals surface area contributed by atoms with E-state index >= 15 is 0 Å². The zero-order valence-electron chi connectivity index (χ0n) is 12.3. The molecule has 1 N–H and O–H groups in total. The fraction of sp³-hybridized carbons (Fsp3) is 0.222. The monoisotopic (exact) mass is 281 g/mol. The number of fused-ring (bicyclic) bond motifs is 1. The zero-order valence-corrected chi connectivity index (χ0v) is 12.3. The van der Waals surface area contributed by atoms with Crippen molar-refractivity contribution in [1.29, 1.82) is 0 Å². The minimum Gasteiger partial charge on any atom is -0.497 e. The average Bonchev–Trinajstić information content (AvgIpc) is 2.86. The molecule has 1 unspecified atom stereocenters. The Bertz CT molecular complexity index is 742. The van der Waals surface area contributed by atoms with Crippen LogP contribution >= 0.6 is 0 Å². The molecule has 0 aliphatic carbocycles. The minimum absolute atomic E-state index is 0.347. The van der Waals surface area contributed by atoms with Crippen LogP contribution in [0.5, 0.6) is 5.75 Å². The predicted molar refractivity (Wildman–Crippen MR) is 85.2 cm³/mol. The fourth-order valence-electron chi connectivity index (χ4n) is 2.69. The van der Waals surface area contributed by atoms with Gasteiger partial charge in [0, 0.05) is 23.7 Å². The summed E-state index contributed by atoms with van der Waals surface area (Å²) in [5.74, 6) is 0.847. The van der Waals surface area contributed by atoms with Gasteiger partial charge in [-0.05, 0) is 42.8 Å². The summed E-state index contributed by atoms with van der Waals surface area (Å²) in [6.07, 6.45) is 2.42. The van der Waals surface area contributed by atoms with Gasteiger partial charge in [0.05, 0.1) is 18.7 Å². The number of ether oxygens (including phenoxy) is 1. The molecule has 0 aliphatic rings. The summed E-state index contributed by atoms with van der Waals surface area (Å²) in [5, 5.41) is 10.9. The number of benzene rings is 2. The lowest BCUT2D eigenvalue weighted by Crippen LogP contribution is -2.03. The number of aliphatic hydroxyl groups is 1. The molecule has 1 aromatic heterocycles. The van der Waals surface area contributed by atoms with Crippen LogP contribution in [0.4, 0.5) is 0 Å². The van der Waals surface area contributed by atoms with Gasteiger partial charge in [-0.3, -0.25) is 0 Å².